The van der Waals surface area contributed by atoms with Crippen LogP contribution in [0.15, 0.2) is 51.9 Å². The summed E-state index contributed by atoms with van der Waals surface area (Å²) in [6, 6.07) is 3.93. The molecule has 2 rings (SSSR count). The predicted molar refractivity (Wildman–Crippen MR) is 63.5 cm³/mol. The maximum atomic E-state index is 4.10. The van der Waals surface area contributed by atoms with Crippen molar-refractivity contribution in [3.63, 3.8) is 0 Å². The largest absolute Gasteiger partial charge is 0.321 e. The van der Waals surface area contributed by atoms with Crippen LogP contribution >= 0.6 is 0 Å². The topological polar surface area (TPSA) is 42.0 Å². The fourth-order valence-electron chi connectivity index (χ4n) is 1.13. The van der Waals surface area contributed by atoms with Crippen LogP contribution in [0.1, 0.15) is 5.69 Å². The molecule has 0 unspecified atom stereocenters. The van der Waals surface area contributed by atoms with Gasteiger partial charge < -0.3 is 4.57 Å². The molecule has 15 heavy (non-hydrogen) atoms. The molecule has 0 amide bonds. The second kappa shape index (κ2) is 4.85. The number of aliphatic imine (C=N–C) groups is 3. The van der Waals surface area contributed by atoms with Crippen LogP contribution in [-0.2, 0) is 0 Å². The zero-order chi connectivity index (χ0) is 10.3. The van der Waals surface area contributed by atoms with E-state index in [1.165, 1.54) is 0 Å². The summed E-state index contributed by atoms with van der Waals surface area (Å²) in [5, 5.41) is 0. The third-order valence-electron chi connectivity index (χ3n) is 1.81. The van der Waals surface area contributed by atoms with Gasteiger partial charge in [-0.3, -0.25) is 15.0 Å². The van der Waals surface area contributed by atoms with Crippen LogP contribution in [0.25, 0.3) is 6.20 Å². The second-order valence-corrected chi connectivity index (χ2v) is 2.81. The third-order valence-corrected chi connectivity index (χ3v) is 1.81. The van der Waals surface area contributed by atoms with E-state index in [4.69, 9.17) is 0 Å². The Hall–Kier alpha value is -2.23. The normalized spacial score (nSPS) is 18.9. The Bertz CT molecular complexity index is 420. The Balaban J connectivity index is 2.34. The van der Waals surface area contributed by atoms with E-state index in [1.54, 1.807) is 37.2 Å². The number of hydrogen-bond donors (Lipinski definition) is 0. The van der Waals surface area contributed by atoms with Crippen LogP contribution in [0.2, 0.25) is 0 Å². The van der Waals surface area contributed by atoms with Gasteiger partial charge in [0.25, 0.3) is 0 Å². The standard InChI is InChI=1S/C11H10N4/c1-2-11-10-14-6-5-12-3-4-13-7-9-15(11)8-1/h1-10H/b6-5-,9-7-,12-3?,13-4?,14-10?. The quantitative estimate of drug-likeness (QED) is 0.611. The first kappa shape index (κ1) is 9.33. The highest BCUT2D eigenvalue weighted by molar-refractivity contribution is 6.16. The van der Waals surface area contributed by atoms with Crippen LogP contribution in [0.5, 0.6) is 0 Å². The molecule has 4 heteroatoms. The summed E-state index contributed by atoms with van der Waals surface area (Å²) in [5.41, 5.74) is 0.996. The minimum atomic E-state index is 0.996. The first-order valence-electron chi connectivity index (χ1n) is 4.53. The van der Waals surface area contributed by atoms with E-state index in [0.29, 0.717) is 0 Å². The molecule has 1 aromatic heterocycles. The molecule has 4 nitrogen and oxygen atoms in total. The number of nitrogens with zero attached hydrogens (tertiary/aromatic N) is 4. The molecule has 0 saturated carbocycles. The van der Waals surface area contributed by atoms with Crippen molar-refractivity contribution in [2.24, 2.45) is 15.0 Å². The molecule has 74 valence electrons. The van der Waals surface area contributed by atoms with Gasteiger partial charge in [0.2, 0.25) is 0 Å². The van der Waals surface area contributed by atoms with E-state index >= 15 is 0 Å². The summed E-state index contributed by atoms with van der Waals surface area (Å²) in [6.45, 7) is 0. The van der Waals surface area contributed by atoms with E-state index in [2.05, 4.69) is 15.0 Å². The lowest BCUT2D eigenvalue weighted by Crippen LogP contribution is -1.91. The lowest BCUT2D eigenvalue weighted by Gasteiger charge is -1.95. The van der Waals surface area contributed by atoms with Crippen molar-refractivity contribution in [2.45, 2.75) is 0 Å². The van der Waals surface area contributed by atoms with Gasteiger partial charge in [-0.15, -0.1) is 0 Å². The Morgan fingerprint density at radius 2 is 1.73 bits per heavy atom. The van der Waals surface area contributed by atoms with Crippen LogP contribution in [0.4, 0.5) is 0 Å². The average molecular weight is 198 g/mol. The highest BCUT2D eigenvalue weighted by Gasteiger charge is 1.92. The monoisotopic (exact) mass is 198 g/mol. The number of rotatable bonds is 0. The van der Waals surface area contributed by atoms with Crippen molar-refractivity contribution in [3.05, 3.63) is 42.6 Å². The lowest BCUT2D eigenvalue weighted by molar-refractivity contribution is 1.15. The fourth-order valence-corrected chi connectivity index (χ4v) is 1.13. The highest BCUT2D eigenvalue weighted by atomic mass is 15.0. The predicted octanol–water partition coefficient (Wildman–Crippen LogP) is 1.96. The van der Waals surface area contributed by atoms with Crippen molar-refractivity contribution in [1.29, 1.82) is 0 Å². The molecule has 0 fully saturated rings. The van der Waals surface area contributed by atoms with Gasteiger partial charge in [-0.2, -0.15) is 0 Å². The third kappa shape index (κ3) is 2.60. The first-order valence-corrected chi connectivity index (χ1v) is 4.53. The van der Waals surface area contributed by atoms with E-state index in [0.717, 1.165) is 5.69 Å². The summed E-state index contributed by atoms with van der Waals surface area (Å²) in [7, 11) is 0. The molecule has 0 saturated heterocycles. The zero-order valence-corrected chi connectivity index (χ0v) is 8.06. The van der Waals surface area contributed by atoms with Gasteiger partial charge >= 0.3 is 0 Å². The Kier molecular flexibility index (Phi) is 3.02. The first-order chi connectivity index (χ1) is 7.47. The molecule has 0 spiro atoms. The molecular weight excluding hydrogens is 188 g/mol. The molecule has 0 N–H and O–H groups in total. The maximum Gasteiger partial charge on any atom is 0.0634 e. The molecular formula is C11H10N4. The van der Waals surface area contributed by atoms with E-state index in [-0.39, 0.29) is 0 Å². The summed E-state index contributed by atoms with van der Waals surface area (Å²) in [5.74, 6) is 0. The summed E-state index contributed by atoms with van der Waals surface area (Å²) in [4.78, 5) is 12.1. The van der Waals surface area contributed by atoms with Gasteiger partial charge in [-0.05, 0) is 12.1 Å². The Labute approximate surface area is 87.7 Å². The van der Waals surface area contributed by atoms with Crippen molar-refractivity contribution >= 4 is 24.8 Å². The minimum Gasteiger partial charge on any atom is -0.321 e. The molecule has 0 bridgehead atoms. The van der Waals surface area contributed by atoms with E-state index < -0.39 is 0 Å². The van der Waals surface area contributed by atoms with Crippen LogP contribution < -0.4 is 0 Å². The number of hydrogen-bond acceptors (Lipinski definition) is 3. The average Bonchev–Trinajstić information content (AvgIpc) is 2.65. The van der Waals surface area contributed by atoms with E-state index in [9.17, 15) is 0 Å². The lowest BCUT2D eigenvalue weighted by atomic mass is 10.4. The number of aromatic nitrogens is 1. The van der Waals surface area contributed by atoms with Crippen molar-refractivity contribution < 1.29 is 0 Å². The van der Waals surface area contributed by atoms with E-state index in [1.807, 2.05) is 29.1 Å². The smallest absolute Gasteiger partial charge is 0.0634 e. The van der Waals surface area contributed by atoms with Crippen molar-refractivity contribution in [1.82, 2.24) is 4.57 Å². The van der Waals surface area contributed by atoms with Gasteiger partial charge in [0, 0.05) is 43.4 Å². The van der Waals surface area contributed by atoms with Gasteiger partial charge in [0.05, 0.1) is 11.9 Å². The van der Waals surface area contributed by atoms with Gasteiger partial charge in [0.1, 0.15) is 0 Å². The van der Waals surface area contributed by atoms with Gasteiger partial charge in [0.15, 0.2) is 0 Å². The molecule has 1 aliphatic rings. The molecule has 0 aromatic carbocycles. The maximum absolute atomic E-state index is 4.10. The van der Waals surface area contributed by atoms with Crippen molar-refractivity contribution in [3.8, 4) is 0 Å². The second-order valence-electron chi connectivity index (χ2n) is 2.81. The molecule has 0 atom stereocenters. The number of fused-ring (bicyclic) bond motifs is 1. The van der Waals surface area contributed by atoms with Gasteiger partial charge in [-0.1, -0.05) is 0 Å². The van der Waals surface area contributed by atoms with Crippen LogP contribution in [-0.4, -0.2) is 23.2 Å². The summed E-state index contributed by atoms with van der Waals surface area (Å²) in [6.07, 6.45) is 13.7. The molecule has 1 aliphatic heterocycles. The summed E-state index contributed by atoms with van der Waals surface area (Å²) < 4.78 is 1.94. The van der Waals surface area contributed by atoms with Gasteiger partial charge in [-0.25, -0.2) is 0 Å². The summed E-state index contributed by atoms with van der Waals surface area (Å²) >= 11 is 0. The fraction of sp³-hybridized carbons (Fsp3) is 0. The molecule has 0 aliphatic carbocycles. The molecule has 0 radical (unpaired) electrons. The SMILES string of the molecule is C1=N/C=C\N=Cc2cccn2/C=C\N=C1. The Morgan fingerprint density at radius 3 is 2.67 bits per heavy atom. The highest BCUT2D eigenvalue weighted by Crippen LogP contribution is 2.00. The van der Waals surface area contributed by atoms with Crippen molar-refractivity contribution in [2.75, 3.05) is 0 Å². The minimum absolute atomic E-state index is 0.996. The molecule has 2 heterocycles. The Morgan fingerprint density at radius 1 is 0.933 bits per heavy atom. The zero-order valence-electron chi connectivity index (χ0n) is 8.06. The van der Waals surface area contributed by atoms with Crippen LogP contribution in [0, 0.1) is 0 Å². The molecule has 1 aromatic rings. The van der Waals surface area contributed by atoms with Crippen LogP contribution in [0.3, 0.4) is 0 Å².